The summed E-state index contributed by atoms with van der Waals surface area (Å²) >= 11 is 0. The number of hydrogen-bond acceptors (Lipinski definition) is 3. The van der Waals surface area contributed by atoms with Crippen LogP contribution in [0.15, 0.2) is 29.3 Å². The van der Waals surface area contributed by atoms with E-state index in [0.29, 0.717) is 24.9 Å². The molecule has 2 N–H and O–H groups in total. The number of nitrogens with zero attached hydrogens (tertiary/aromatic N) is 3. The summed E-state index contributed by atoms with van der Waals surface area (Å²) in [5, 5.41) is 6.82. The third-order valence-corrected chi connectivity index (χ3v) is 6.76. The van der Waals surface area contributed by atoms with Crippen LogP contribution in [0, 0.1) is 5.92 Å². The lowest BCUT2D eigenvalue weighted by Gasteiger charge is -2.34. The molecule has 0 unspecified atom stereocenters. The van der Waals surface area contributed by atoms with Crippen LogP contribution < -0.4 is 10.6 Å². The molecule has 0 saturated carbocycles. The van der Waals surface area contributed by atoms with Gasteiger partial charge < -0.3 is 20.4 Å². The quantitative estimate of drug-likeness (QED) is 0.218. The van der Waals surface area contributed by atoms with Gasteiger partial charge in [0.05, 0.1) is 0 Å². The Balaban J connectivity index is 0.00000385. The number of carbonyl (C=O) groups is 2. The Morgan fingerprint density at radius 2 is 1.67 bits per heavy atom. The number of hydrogen-bond donors (Lipinski definition) is 2. The second-order valence-corrected chi connectivity index (χ2v) is 8.88. The highest BCUT2D eigenvalue weighted by Crippen LogP contribution is 2.23. The van der Waals surface area contributed by atoms with E-state index in [9.17, 15) is 9.59 Å². The minimum atomic E-state index is 0. The summed E-state index contributed by atoms with van der Waals surface area (Å²) in [6.45, 7) is 7.95. The molecule has 0 aliphatic carbocycles. The number of rotatable bonds is 8. The lowest BCUT2D eigenvalue weighted by atomic mass is 9.98. The van der Waals surface area contributed by atoms with E-state index in [1.807, 2.05) is 21.9 Å². The summed E-state index contributed by atoms with van der Waals surface area (Å²) in [5.41, 5.74) is 2.52. The van der Waals surface area contributed by atoms with Crippen molar-refractivity contribution in [2.75, 3.05) is 26.7 Å². The predicted molar refractivity (Wildman–Crippen MR) is 144 cm³/mol. The molecule has 0 spiro atoms. The molecule has 1 aromatic carbocycles. The molecule has 0 atom stereocenters. The Labute approximate surface area is 215 Å². The molecule has 7 nitrogen and oxygen atoms in total. The van der Waals surface area contributed by atoms with Crippen molar-refractivity contribution in [3.63, 3.8) is 0 Å². The van der Waals surface area contributed by atoms with Gasteiger partial charge in [0.25, 0.3) is 0 Å². The standard InChI is InChI=1S/C25H39N5O2.HI/c1-4-19(5-2)24(32)29-15-12-22(13-16-29)28-25(26-3)27-14-8-11-23(31)30-17-20-9-6-7-10-21(20)18-30;/h6-7,9-10,19,22H,4-5,8,11-18H2,1-3H3,(H2,26,27,28);1H. The van der Waals surface area contributed by atoms with E-state index in [1.165, 1.54) is 11.1 Å². The lowest BCUT2D eigenvalue weighted by molar-refractivity contribution is -0.137. The van der Waals surface area contributed by atoms with Crippen molar-refractivity contribution in [2.45, 2.75) is 71.5 Å². The zero-order chi connectivity index (χ0) is 22.9. The van der Waals surface area contributed by atoms with Crippen molar-refractivity contribution in [3.8, 4) is 0 Å². The van der Waals surface area contributed by atoms with E-state index >= 15 is 0 Å². The molecule has 2 aliphatic rings. The highest BCUT2D eigenvalue weighted by molar-refractivity contribution is 14.0. The zero-order valence-corrected chi connectivity index (χ0v) is 22.6. The van der Waals surface area contributed by atoms with Crippen LogP contribution in [0.1, 0.15) is 63.5 Å². The molecule has 184 valence electrons. The summed E-state index contributed by atoms with van der Waals surface area (Å²) in [6.07, 6.45) is 5.00. The first-order chi connectivity index (χ1) is 15.5. The highest BCUT2D eigenvalue weighted by Gasteiger charge is 2.27. The van der Waals surface area contributed by atoms with Crippen LogP contribution in [-0.4, -0.2) is 60.3 Å². The third kappa shape index (κ3) is 7.58. The Kier molecular flexibility index (Phi) is 11.4. The fourth-order valence-corrected chi connectivity index (χ4v) is 4.64. The Hall–Kier alpha value is -1.84. The van der Waals surface area contributed by atoms with Crippen LogP contribution in [0.4, 0.5) is 0 Å². The first-order valence-corrected chi connectivity index (χ1v) is 12.2. The van der Waals surface area contributed by atoms with Crippen LogP contribution >= 0.6 is 24.0 Å². The van der Waals surface area contributed by atoms with E-state index in [2.05, 4.69) is 41.6 Å². The molecule has 2 heterocycles. The summed E-state index contributed by atoms with van der Waals surface area (Å²) in [4.78, 5) is 33.4. The summed E-state index contributed by atoms with van der Waals surface area (Å²) in [6, 6.07) is 8.59. The maximum atomic E-state index is 12.6. The number of amides is 2. The molecule has 1 saturated heterocycles. The number of nitrogens with one attached hydrogen (secondary N) is 2. The predicted octanol–water partition coefficient (Wildman–Crippen LogP) is 3.52. The Morgan fingerprint density at radius 1 is 1.06 bits per heavy atom. The number of fused-ring (bicyclic) bond motifs is 1. The molecular formula is C25H40IN5O2. The molecular weight excluding hydrogens is 529 g/mol. The van der Waals surface area contributed by atoms with Gasteiger partial charge in [-0.1, -0.05) is 38.1 Å². The van der Waals surface area contributed by atoms with Crippen LogP contribution in [-0.2, 0) is 22.7 Å². The average Bonchev–Trinajstić information content (AvgIpc) is 3.26. The van der Waals surface area contributed by atoms with Gasteiger partial charge in [-0.15, -0.1) is 24.0 Å². The molecule has 3 rings (SSSR count). The van der Waals surface area contributed by atoms with Gasteiger partial charge in [-0.25, -0.2) is 0 Å². The van der Waals surface area contributed by atoms with E-state index in [-0.39, 0.29) is 35.8 Å². The van der Waals surface area contributed by atoms with Gasteiger partial charge in [0.1, 0.15) is 0 Å². The first-order valence-electron chi connectivity index (χ1n) is 12.2. The van der Waals surface area contributed by atoms with Gasteiger partial charge in [-0.05, 0) is 43.2 Å². The van der Waals surface area contributed by atoms with Gasteiger partial charge in [0.2, 0.25) is 11.8 Å². The number of halogens is 1. The van der Waals surface area contributed by atoms with Gasteiger partial charge in [0, 0.05) is 58.2 Å². The first kappa shape index (κ1) is 27.4. The van der Waals surface area contributed by atoms with Crippen LogP contribution in [0.5, 0.6) is 0 Å². The van der Waals surface area contributed by atoms with Crippen molar-refractivity contribution in [3.05, 3.63) is 35.4 Å². The fraction of sp³-hybridized carbons (Fsp3) is 0.640. The van der Waals surface area contributed by atoms with Crippen LogP contribution in [0.25, 0.3) is 0 Å². The molecule has 2 aliphatic heterocycles. The van der Waals surface area contributed by atoms with E-state index in [0.717, 1.165) is 64.2 Å². The number of likely N-dealkylation sites (tertiary alicyclic amines) is 1. The monoisotopic (exact) mass is 569 g/mol. The van der Waals surface area contributed by atoms with Crippen molar-refractivity contribution in [1.82, 2.24) is 20.4 Å². The maximum absolute atomic E-state index is 12.6. The number of carbonyl (C=O) groups excluding carboxylic acids is 2. The van der Waals surface area contributed by atoms with Gasteiger partial charge in [0.15, 0.2) is 5.96 Å². The summed E-state index contributed by atoms with van der Waals surface area (Å²) in [7, 11) is 1.77. The smallest absolute Gasteiger partial charge is 0.225 e. The molecule has 8 heteroatoms. The van der Waals surface area contributed by atoms with Crippen LogP contribution in [0.3, 0.4) is 0 Å². The number of benzene rings is 1. The molecule has 0 aromatic heterocycles. The van der Waals surface area contributed by atoms with Crippen molar-refractivity contribution < 1.29 is 9.59 Å². The molecule has 2 amide bonds. The van der Waals surface area contributed by atoms with Gasteiger partial charge in [-0.3, -0.25) is 14.6 Å². The zero-order valence-electron chi connectivity index (χ0n) is 20.3. The van der Waals surface area contributed by atoms with Crippen LogP contribution in [0.2, 0.25) is 0 Å². The third-order valence-electron chi connectivity index (χ3n) is 6.76. The largest absolute Gasteiger partial charge is 0.356 e. The Morgan fingerprint density at radius 3 is 2.21 bits per heavy atom. The molecule has 33 heavy (non-hydrogen) atoms. The second kappa shape index (κ2) is 13.8. The van der Waals surface area contributed by atoms with Crippen molar-refractivity contribution in [2.24, 2.45) is 10.9 Å². The van der Waals surface area contributed by atoms with Gasteiger partial charge in [-0.2, -0.15) is 0 Å². The number of aliphatic imine (C=N–C) groups is 1. The maximum Gasteiger partial charge on any atom is 0.225 e. The van der Waals surface area contributed by atoms with Crippen molar-refractivity contribution >= 4 is 41.8 Å². The molecule has 0 bridgehead atoms. The summed E-state index contributed by atoms with van der Waals surface area (Å²) < 4.78 is 0. The van der Waals surface area contributed by atoms with Crippen molar-refractivity contribution in [1.29, 1.82) is 0 Å². The minimum Gasteiger partial charge on any atom is -0.356 e. The molecule has 0 radical (unpaired) electrons. The van der Waals surface area contributed by atoms with Gasteiger partial charge >= 0.3 is 0 Å². The fourth-order valence-electron chi connectivity index (χ4n) is 4.64. The summed E-state index contributed by atoms with van der Waals surface area (Å²) in [5.74, 6) is 1.45. The van der Waals surface area contributed by atoms with E-state index < -0.39 is 0 Å². The lowest BCUT2D eigenvalue weighted by Crippen LogP contribution is -2.50. The number of guanidine groups is 1. The Bertz CT molecular complexity index is 779. The van der Waals surface area contributed by atoms with E-state index in [1.54, 1.807) is 7.05 Å². The number of piperidine rings is 1. The van der Waals surface area contributed by atoms with E-state index in [4.69, 9.17) is 0 Å². The molecule has 1 fully saturated rings. The topological polar surface area (TPSA) is 77.0 Å². The SMILES string of the molecule is CCC(CC)C(=O)N1CCC(NC(=NC)NCCCC(=O)N2Cc3ccccc3C2)CC1.I. The minimum absolute atomic E-state index is 0. The highest BCUT2D eigenvalue weighted by atomic mass is 127. The molecule has 1 aromatic rings. The second-order valence-electron chi connectivity index (χ2n) is 8.88. The normalized spacial score (nSPS) is 16.4. The average molecular weight is 570 g/mol.